The van der Waals surface area contributed by atoms with Crippen LogP contribution in [0.2, 0.25) is 4.34 Å². The molecular weight excluding hydrogens is 330 g/mol. The summed E-state index contributed by atoms with van der Waals surface area (Å²) >= 11 is 8.49. The number of thiophene rings is 1. The van der Waals surface area contributed by atoms with Crippen LogP contribution in [0.25, 0.3) is 0 Å². The SMILES string of the molecule is CCCc1nnsc1C(=O)NC[C@@H](OC)c1ccc(Cl)s1. The molecule has 5 nitrogen and oxygen atoms in total. The van der Waals surface area contributed by atoms with Crippen LogP contribution in [-0.4, -0.2) is 29.1 Å². The average molecular weight is 346 g/mol. The molecule has 1 amide bonds. The van der Waals surface area contributed by atoms with E-state index in [4.69, 9.17) is 16.3 Å². The average Bonchev–Trinajstić information content (AvgIpc) is 3.09. The molecule has 0 unspecified atom stereocenters. The Bertz CT molecular complexity index is 600. The summed E-state index contributed by atoms with van der Waals surface area (Å²) in [6.45, 7) is 2.43. The minimum Gasteiger partial charge on any atom is -0.374 e. The van der Waals surface area contributed by atoms with Gasteiger partial charge in [0.15, 0.2) is 0 Å². The van der Waals surface area contributed by atoms with Crippen molar-refractivity contribution in [3.8, 4) is 0 Å². The van der Waals surface area contributed by atoms with Gasteiger partial charge in [-0.3, -0.25) is 4.79 Å². The first kappa shape index (κ1) is 16.4. The maximum absolute atomic E-state index is 12.2. The molecule has 1 atom stereocenters. The van der Waals surface area contributed by atoms with Gasteiger partial charge in [0.05, 0.1) is 10.0 Å². The highest BCUT2D eigenvalue weighted by molar-refractivity contribution is 7.16. The molecule has 8 heteroatoms. The van der Waals surface area contributed by atoms with Crippen molar-refractivity contribution >= 4 is 40.4 Å². The van der Waals surface area contributed by atoms with Crippen molar-refractivity contribution in [2.24, 2.45) is 0 Å². The number of hydrogen-bond acceptors (Lipinski definition) is 6. The first-order chi connectivity index (χ1) is 10.2. The third-order valence-electron chi connectivity index (χ3n) is 2.89. The number of hydrogen-bond donors (Lipinski definition) is 1. The number of methoxy groups -OCH3 is 1. The van der Waals surface area contributed by atoms with E-state index in [1.54, 1.807) is 7.11 Å². The highest BCUT2D eigenvalue weighted by Crippen LogP contribution is 2.28. The maximum atomic E-state index is 12.2. The maximum Gasteiger partial charge on any atom is 0.265 e. The topological polar surface area (TPSA) is 64.1 Å². The molecule has 0 radical (unpaired) electrons. The molecule has 0 saturated carbocycles. The molecule has 0 aliphatic rings. The quantitative estimate of drug-likeness (QED) is 0.836. The standard InChI is InChI=1S/C13H16ClN3O2S2/c1-3-4-8-12(21-17-16-8)13(18)15-7-9(19-2)10-5-6-11(14)20-10/h5-6,9H,3-4,7H2,1-2H3,(H,15,18)/t9-/m1/s1. The number of nitrogens with zero attached hydrogens (tertiary/aromatic N) is 2. The van der Waals surface area contributed by atoms with E-state index in [1.165, 1.54) is 11.3 Å². The van der Waals surface area contributed by atoms with E-state index in [9.17, 15) is 4.79 Å². The molecule has 114 valence electrons. The van der Waals surface area contributed by atoms with Crippen LogP contribution < -0.4 is 5.32 Å². The summed E-state index contributed by atoms with van der Waals surface area (Å²) in [4.78, 5) is 13.8. The highest BCUT2D eigenvalue weighted by Gasteiger charge is 2.18. The second-order valence-corrected chi connectivity index (χ2v) is 6.88. The van der Waals surface area contributed by atoms with Gasteiger partial charge in [0, 0.05) is 18.5 Å². The van der Waals surface area contributed by atoms with Crippen molar-refractivity contribution in [3.63, 3.8) is 0 Å². The van der Waals surface area contributed by atoms with Gasteiger partial charge in [-0.1, -0.05) is 29.4 Å². The van der Waals surface area contributed by atoms with Gasteiger partial charge in [0.1, 0.15) is 11.0 Å². The van der Waals surface area contributed by atoms with E-state index < -0.39 is 0 Å². The van der Waals surface area contributed by atoms with Gasteiger partial charge in [-0.15, -0.1) is 16.4 Å². The molecule has 1 N–H and O–H groups in total. The molecule has 0 fully saturated rings. The number of ether oxygens (including phenoxy) is 1. The summed E-state index contributed by atoms with van der Waals surface area (Å²) in [6.07, 6.45) is 1.48. The van der Waals surface area contributed by atoms with Crippen molar-refractivity contribution < 1.29 is 9.53 Å². The lowest BCUT2D eigenvalue weighted by molar-refractivity contribution is 0.0840. The van der Waals surface area contributed by atoms with E-state index in [2.05, 4.69) is 14.9 Å². The van der Waals surface area contributed by atoms with Crippen LogP contribution in [0.1, 0.15) is 39.7 Å². The lowest BCUT2D eigenvalue weighted by Crippen LogP contribution is -2.29. The number of carbonyl (C=O) groups excluding carboxylic acids is 1. The Morgan fingerprint density at radius 3 is 2.95 bits per heavy atom. The van der Waals surface area contributed by atoms with E-state index in [0.29, 0.717) is 15.8 Å². The fourth-order valence-corrected chi connectivity index (χ4v) is 3.61. The molecular formula is C13H16ClN3O2S2. The minimum absolute atomic E-state index is 0.154. The molecule has 0 spiro atoms. The summed E-state index contributed by atoms with van der Waals surface area (Å²) in [5.74, 6) is -0.154. The van der Waals surface area contributed by atoms with Crippen LogP contribution in [0.15, 0.2) is 12.1 Å². The van der Waals surface area contributed by atoms with E-state index in [0.717, 1.165) is 34.9 Å². The minimum atomic E-state index is -0.207. The summed E-state index contributed by atoms with van der Waals surface area (Å²) in [5.41, 5.74) is 0.758. The zero-order valence-corrected chi connectivity index (χ0v) is 14.1. The third-order valence-corrected chi connectivity index (χ3v) is 4.98. The Morgan fingerprint density at radius 2 is 2.33 bits per heavy atom. The first-order valence-corrected chi connectivity index (χ1v) is 8.50. The number of rotatable bonds is 7. The van der Waals surface area contributed by atoms with Crippen LogP contribution in [0.5, 0.6) is 0 Å². The molecule has 0 aliphatic carbocycles. The number of amides is 1. The second kappa shape index (κ2) is 7.84. The van der Waals surface area contributed by atoms with E-state index >= 15 is 0 Å². The van der Waals surface area contributed by atoms with Crippen molar-refractivity contribution in [2.75, 3.05) is 13.7 Å². The van der Waals surface area contributed by atoms with Crippen molar-refractivity contribution in [2.45, 2.75) is 25.9 Å². The number of aromatic nitrogens is 2. The molecule has 2 aromatic heterocycles. The normalized spacial score (nSPS) is 12.3. The summed E-state index contributed by atoms with van der Waals surface area (Å²) in [5, 5.41) is 6.87. The van der Waals surface area contributed by atoms with Gasteiger partial charge in [-0.2, -0.15) is 0 Å². The van der Waals surface area contributed by atoms with Gasteiger partial charge in [0.25, 0.3) is 5.91 Å². The molecule has 0 aliphatic heterocycles. The van der Waals surface area contributed by atoms with E-state index in [1.807, 2.05) is 19.1 Å². The van der Waals surface area contributed by atoms with Gasteiger partial charge < -0.3 is 10.1 Å². The van der Waals surface area contributed by atoms with Crippen LogP contribution in [-0.2, 0) is 11.2 Å². The van der Waals surface area contributed by atoms with Gasteiger partial charge in [0.2, 0.25) is 0 Å². The Labute approximate surface area is 136 Å². The van der Waals surface area contributed by atoms with Crippen LogP contribution in [0.4, 0.5) is 0 Å². The number of halogens is 1. The molecule has 21 heavy (non-hydrogen) atoms. The van der Waals surface area contributed by atoms with Crippen LogP contribution in [0.3, 0.4) is 0 Å². The van der Waals surface area contributed by atoms with Crippen molar-refractivity contribution in [1.29, 1.82) is 0 Å². The largest absolute Gasteiger partial charge is 0.374 e. The fourth-order valence-electron chi connectivity index (χ4n) is 1.85. The molecule has 2 rings (SSSR count). The van der Waals surface area contributed by atoms with Crippen molar-refractivity contribution in [3.05, 3.63) is 31.9 Å². The Morgan fingerprint density at radius 1 is 1.52 bits per heavy atom. The number of carbonyl (C=O) groups is 1. The lowest BCUT2D eigenvalue weighted by Gasteiger charge is -2.14. The Balaban J connectivity index is 1.97. The molecule has 0 saturated heterocycles. The molecule has 2 heterocycles. The van der Waals surface area contributed by atoms with Crippen LogP contribution in [0, 0.1) is 0 Å². The fraction of sp³-hybridized carbons (Fsp3) is 0.462. The summed E-state index contributed by atoms with van der Waals surface area (Å²) in [6, 6.07) is 3.73. The van der Waals surface area contributed by atoms with Crippen LogP contribution >= 0.6 is 34.5 Å². The number of aryl methyl sites for hydroxylation is 1. The Kier molecular flexibility index (Phi) is 6.10. The van der Waals surface area contributed by atoms with Crippen molar-refractivity contribution in [1.82, 2.24) is 14.9 Å². The summed E-state index contributed by atoms with van der Waals surface area (Å²) < 4.78 is 9.96. The summed E-state index contributed by atoms with van der Waals surface area (Å²) in [7, 11) is 1.61. The lowest BCUT2D eigenvalue weighted by atomic mass is 10.2. The molecule has 2 aromatic rings. The third kappa shape index (κ3) is 4.23. The molecule has 0 aromatic carbocycles. The highest BCUT2D eigenvalue weighted by atomic mass is 35.5. The Hall–Kier alpha value is -1.02. The predicted molar refractivity (Wildman–Crippen MR) is 85.3 cm³/mol. The zero-order chi connectivity index (χ0) is 15.2. The van der Waals surface area contributed by atoms with Gasteiger partial charge in [-0.25, -0.2) is 0 Å². The monoisotopic (exact) mass is 345 g/mol. The first-order valence-electron chi connectivity index (χ1n) is 6.53. The van der Waals surface area contributed by atoms with Gasteiger partial charge >= 0.3 is 0 Å². The smallest absolute Gasteiger partial charge is 0.265 e. The predicted octanol–water partition coefficient (Wildman–Crippen LogP) is 3.32. The molecule has 0 bridgehead atoms. The van der Waals surface area contributed by atoms with E-state index in [-0.39, 0.29) is 12.0 Å². The number of nitrogens with one attached hydrogen (secondary N) is 1. The second-order valence-electron chi connectivity index (χ2n) is 4.38. The van der Waals surface area contributed by atoms with Gasteiger partial charge in [-0.05, 0) is 30.1 Å². The zero-order valence-electron chi connectivity index (χ0n) is 11.8.